The smallest absolute Gasteiger partial charge is 0.387 e. The van der Waals surface area contributed by atoms with E-state index in [1.165, 1.54) is 18.2 Å². The van der Waals surface area contributed by atoms with Crippen molar-refractivity contribution in [3.8, 4) is 16.9 Å². The average molecular weight is 342 g/mol. The summed E-state index contributed by atoms with van der Waals surface area (Å²) >= 11 is 17.8. The predicted molar refractivity (Wildman–Crippen MR) is 73.5 cm³/mol. The summed E-state index contributed by atoms with van der Waals surface area (Å²) in [7, 11) is 0. The van der Waals surface area contributed by atoms with Gasteiger partial charge in [-0.1, -0.05) is 40.9 Å². The minimum absolute atomic E-state index is 0.186. The lowest BCUT2D eigenvalue weighted by Crippen LogP contribution is -2.03. The zero-order valence-corrected chi connectivity index (χ0v) is 11.9. The Bertz CT molecular complexity index is 647. The summed E-state index contributed by atoms with van der Waals surface area (Å²) in [6.45, 7) is -3.13. The largest absolute Gasteiger partial charge is 0.432 e. The van der Waals surface area contributed by atoms with Gasteiger partial charge in [0.25, 0.3) is 0 Å². The Kier molecular flexibility index (Phi) is 4.68. The topological polar surface area (TPSA) is 9.23 Å². The molecular weight excluding hydrogens is 335 g/mol. The van der Waals surface area contributed by atoms with Crippen LogP contribution in [0.1, 0.15) is 0 Å². The Hall–Kier alpha value is -1.10. The molecule has 0 aliphatic carbocycles. The van der Waals surface area contributed by atoms with E-state index >= 15 is 0 Å². The molecule has 7 heteroatoms. The highest BCUT2D eigenvalue weighted by atomic mass is 35.5. The number of benzene rings is 2. The van der Waals surface area contributed by atoms with Gasteiger partial charge in [-0.15, -0.1) is 0 Å². The van der Waals surface area contributed by atoms with Crippen LogP contribution in [0.25, 0.3) is 11.1 Å². The maximum absolute atomic E-state index is 13.4. The maximum Gasteiger partial charge on any atom is 0.387 e. The number of hydrogen-bond acceptors (Lipinski definition) is 1. The number of ether oxygens (including phenoxy) is 1. The van der Waals surface area contributed by atoms with E-state index < -0.39 is 18.2 Å². The molecule has 106 valence electrons. The van der Waals surface area contributed by atoms with Crippen molar-refractivity contribution in [2.45, 2.75) is 6.61 Å². The number of rotatable bonds is 3. The van der Waals surface area contributed by atoms with Gasteiger partial charge < -0.3 is 4.74 Å². The van der Waals surface area contributed by atoms with Crippen molar-refractivity contribution in [2.75, 3.05) is 0 Å². The molecule has 0 bridgehead atoms. The summed E-state index contributed by atoms with van der Waals surface area (Å²) in [6, 6.07) is 6.40. The molecule has 0 saturated heterocycles. The number of alkyl halides is 2. The summed E-state index contributed by atoms with van der Waals surface area (Å²) < 4.78 is 41.8. The van der Waals surface area contributed by atoms with Gasteiger partial charge in [0.15, 0.2) is 11.6 Å². The van der Waals surface area contributed by atoms with Crippen LogP contribution in [0, 0.1) is 5.82 Å². The van der Waals surface area contributed by atoms with Gasteiger partial charge in [-0.3, -0.25) is 0 Å². The molecule has 0 aliphatic heterocycles. The van der Waals surface area contributed by atoms with Crippen LogP contribution in [0.2, 0.25) is 15.1 Å². The van der Waals surface area contributed by atoms with E-state index in [4.69, 9.17) is 34.8 Å². The van der Waals surface area contributed by atoms with E-state index in [-0.39, 0.29) is 10.0 Å². The van der Waals surface area contributed by atoms with Crippen molar-refractivity contribution < 1.29 is 17.9 Å². The molecule has 0 radical (unpaired) electrons. The molecule has 0 N–H and O–H groups in total. The Balaban J connectivity index is 2.53. The third kappa shape index (κ3) is 3.32. The van der Waals surface area contributed by atoms with E-state index in [1.807, 2.05) is 0 Å². The molecule has 20 heavy (non-hydrogen) atoms. The summed E-state index contributed by atoms with van der Waals surface area (Å²) in [5.41, 5.74) is 0.750. The maximum atomic E-state index is 13.4. The van der Waals surface area contributed by atoms with Crippen molar-refractivity contribution in [3.63, 3.8) is 0 Å². The molecule has 2 aromatic carbocycles. The van der Waals surface area contributed by atoms with E-state index in [9.17, 15) is 13.2 Å². The second-order valence-corrected chi connectivity index (χ2v) is 4.99. The van der Waals surface area contributed by atoms with E-state index in [0.717, 1.165) is 12.1 Å². The fraction of sp³-hybridized carbons (Fsp3) is 0.0769. The summed E-state index contributed by atoms with van der Waals surface area (Å²) in [5.74, 6) is -1.48. The average Bonchev–Trinajstić information content (AvgIpc) is 2.36. The normalized spacial score (nSPS) is 10.9. The quantitative estimate of drug-likeness (QED) is 0.617. The van der Waals surface area contributed by atoms with Gasteiger partial charge in [0, 0.05) is 10.6 Å². The Morgan fingerprint density at radius 3 is 2.35 bits per heavy atom. The van der Waals surface area contributed by atoms with Crippen molar-refractivity contribution in [3.05, 3.63) is 51.2 Å². The zero-order valence-electron chi connectivity index (χ0n) is 9.64. The lowest BCUT2D eigenvalue weighted by atomic mass is 10.1. The van der Waals surface area contributed by atoms with E-state index in [1.54, 1.807) is 0 Å². The van der Waals surface area contributed by atoms with Gasteiger partial charge in [0.2, 0.25) is 0 Å². The molecule has 2 aromatic rings. The lowest BCUT2D eigenvalue weighted by molar-refractivity contribution is -0.0521. The van der Waals surface area contributed by atoms with Crippen LogP contribution >= 0.6 is 34.8 Å². The fourth-order valence-corrected chi connectivity index (χ4v) is 2.33. The molecular formula is C13H6Cl3F3O. The van der Waals surface area contributed by atoms with Crippen LogP contribution in [0.3, 0.4) is 0 Å². The summed E-state index contributed by atoms with van der Waals surface area (Å²) in [5, 5.41) is 0.704. The fourth-order valence-electron chi connectivity index (χ4n) is 1.62. The molecule has 0 saturated carbocycles. The van der Waals surface area contributed by atoms with Crippen LogP contribution in [0.4, 0.5) is 13.2 Å². The monoisotopic (exact) mass is 340 g/mol. The molecule has 1 nitrogen and oxygen atoms in total. The Morgan fingerprint density at radius 2 is 1.70 bits per heavy atom. The first-order chi connectivity index (χ1) is 9.38. The highest BCUT2D eigenvalue weighted by molar-refractivity contribution is 6.45. The van der Waals surface area contributed by atoms with Gasteiger partial charge in [-0.25, -0.2) is 4.39 Å². The molecule has 0 atom stereocenters. The van der Waals surface area contributed by atoms with Crippen molar-refractivity contribution in [1.82, 2.24) is 0 Å². The van der Waals surface area contributed by atoms with Gasteiger partial charge >= 0.3 is 6.61 Å². The van der Waals surface area contributed by atoms with Crippen LogP contribution in [0.5, 0.6) is 5.75 Å². The molecule has 0 spiro atoms. The second kappa shape index (κ2) is 6.12. The lowest BCUT2D eigenvalue weighted by Gasteiger charge is -2.10. The first kappa shape index (κ1) is 15.3. The molecule has 0 amide bonds. The number of hydrogen-bond donors (Lipinski definition) is 0. The molecule has 0 unspecified atom stereocenters. The first-order valence-corrected chi connectivity index (χ1v) is 6.41. The molecule has 0 heterocycles. The van der Waals surface area contributed by atoms with Gasteiger partial charge in [0.05, 0.1) is 10.0 Å². The highest BCUT2D eigenvalue weighted by Crippen LogP contribution is 2.38. The summed E-state index contributed by atoms with van der Waals surface area (Å²) in [6.07, 6.45) is 0. The van der Waals surface area contributed by atoms with Crippen molar-refractivity contribution in [2.24, 2.45) is 0 Å². The van der Waals surface area contributed by atoms with Crippen LogP contribution < -0.4 is 4.74 Å². The van der Waals surface area contributed by atoms with E-state index in [2.05, 4.69) is 4.74 Å². The molecule has 0 aliphatic rings. The first-order valence-electron chi connectivity index (χ1n) is 5.27. The predicted octanol–water partition coefficient (Wildman–Crippen LogP) is 6.05. The van der Waals surface area contributed by atoms with Crippen molar-refractivity contribution in [1.29, 1.82) is 0 Å². The van der Waals surface area contributed by atoms with E-state index in [0.29, 0.717) is 16.1 Å². The Labute approximate surface area is 127 Å². The molecule has 0 aromatic heterocycles. The van der Waals surface area contributed by atoms with Crippen LogP contribution in [-0.4, -0.2) is 6.61 Å². The van der Waals surface area contributed by atoms with Crippen LogP contribution in [-0.2, 0) is 0 Å². The van der Waals surface area contributed by atoms with Gasteiger partial charge in [-0.2, -0.15) is 8.78 Å². The zero-order chi connectivity index (χ0) is 14.9. The Morgan fingerprint density at radius 1 is 1.00 bits per heavy atom. The van der Waals surface area contributed by atoms with Gasteiger partial charge in [-0.05, 0) is 29.8 Å². The molecule has 2 rings (SSSR count). The molecule has 0 fully saturated rings. The second-order valence-electron chi connectivity index (χ2n) is 3.77. The van der Waals surface area contributed by atoms with Crippen molar-refractivity contribution >= 4 is 34.8 Å². The SMILES string of the molecule is Fc1ccc(-c2cc(Cl)cc(Cl)c2Cl)cc1OC(F)F. The minimum Gasteiger partial charge on any atom is -0.432 e. The highest BCUT2D eigenvalue weighted by Gasteiger charge is 2.14. The van der Waals surface area contributed by atoms with Crippen LogP contribution in [0.15, 0.2) is 30.3 Å². The number of halogens is 6. The minimum atomic E-state index is -3.13. The standard InChI is InChI=1S/C13H6Cl3F3O/c14-7-4-8(12(16)9(15)5-7)6-1-2-10(17)11(3-6)20-13(18)19/h1-5,13H. The third-order valence-corrected chi connectivity index (χ3v) is 3.47. The van der Waals surface area contributed by atoms with Gasteiger partial charge in [0.1, 0.15) is 0 Å². The third-order valence-electron chi connectivity index (χ3n) is 2.45. The summed E-state index contributed by atoms with van der Waals surface area (Å²) in [4.78, 5) is 0.